The van der Waals surface area contributed by atoms with Crippen LogP contribution >= 0.6 is 15.9 Å². The smallest absolute Gasteiger partial charge is 0.0951 e. The number of nitrogens with two attached hydrogens (primary N) is 1. The van der Waals surface area contributed by atoms with Crippen LogP contribution in [0.15, 0.2) is 41.3 Å². The van der Waals surface area contributed by atoms with Crippen LogP contribution in [0.5, 0.6) is 0 Å². The fourth-order valence-electron chi connectivity index (χ4n) is 1.70. The quantitative estimate of drug-likeness (QED) is 0.902. The van der Waals surface area contributed by atoms with Gasteiger partial charge in [0.1, 0.15) is 0 Å². The largest absolute Gasteiger partial charge is 0.394 e. The highest BCUT2D eigenvalue weighted by Crippen LogP contribution is 2.15. The molecule has 0 aliphatic heterocycles. The number of nitrogens with zero attached hydrogens (tertiary/aromatic N) is 2. The SMILES string of the molecule is NC(CO)c1cncn1Cc1cccc(Br)c1. The molecule has 0 bridgehead atoms. The lowest BCUT2D eigenvalue weighted by Crippen LogP contribution is -2.19. The van der Waals surface area contributed by atoms with E-state index < -0.39 is 0 Å². The third-order valence-corrected chi connectivity index (χ3v) is 3.06. The highest BCUT2D eigenvalue weighted by Gasteiger charge is 2.10. The van der Waals surface area contributed by atoms with Gasteiger partial charge in [0.2, 0.25) is 0 Å². The zero-order valence-corrected chi connectivity index (χ0v) is 10.8. The highest BCUT2D eigenvalue weighted by atomic mass is 79.9. The van der Waals surface area contributed by atoms with Crippen molar-refractivity contribution in [1.29, 1.82) is 0 Å². The van der Waals surface area contributed by atoms with E-state index in [4.69, 9.17) is 10.8 Å². The van der Waals surface area contributed by atoms with Gasteiger partial charge in [0.05, 0.1) is 24.7 Å². The predicted octanol–water partition coefficient (Wildman–Crippen LogP) is 1.69. The van der Waals surface area contributed by atoms with Crippen LogP contribution in [0.1, 0.15) is 17.3 Å². The summed E-state index contributed by atoms with van der Waals surface area (Å²) in [7, 11) is 0. The number of imidazole rings is 1. The van der Waals surface area contributed by atoms with Crippen LogP contribution < -0.4 is 5.73 Å². The second-order valence-corrected chi connectivity index (χ2v) is 4.78. The minimum atomic E-state index is -0.385. The molecule has 4 nitrogen and oxygen atoms in total. The summed E-state index contributed by atoms with van der Waals surface area (Å²) in [6.07, 6.45) is 3.42. The first-order valence-electron chi connectivity index (χ1n) is 5.31. The number of hydrogen-bond donors (Lipinski definition) is 2. The molecule has 1 unspecified atom stereocenters. The molecule has 3 N–H and O–H groups in total. The molecule has 0 radical (unpaired) electrons. The normalized spacial score (nSPS) is 12.6. The van der Waals surface area contributed by atoms with Crippen molar-refractivity contribution in [2.75, 3.05) is 6.61 Å². The van der Waals surface area contributed by atoms with Crippen molar-refractivity contribution in [3.63, 3.8) is 0 Å². The maximum absolute atomic E-state index is 9.07. The maximum atomic E-state index is 9.07. The monoisotopic (exact) mass is 295 g/mol. The van der Waals surface area contributed by atoms with Crippen LogP contribution in [0.2, 0.25) is 0 Å². The molecule has 17 heavy (non-hydrogen) atoms. The first kappa shape index (κ1) is 12.3. The van der Waals surface area contributed by atoms with Gasteiger partial charge < -0.3 is 15.4 Å². The molecule has 0 saturated heterocycles. The lowest BCUT2D eigenvalue weighted by molar-refractivity contribution is 0.263. The van der Waals surface area contributed by atoms with Gasteiger partial charge in [-0.1, -0.05) is 28.1 Å². The molecule has 2 rings (SSSR count). The summed E-state index contributed by atoms with van der Waals surface area (Å²) in [5, 5.41) is 9.07. The van der Waals surface area contributed by atoms with Gasteiger partial charge in [0.15, 0.2) is 0 Å². The first-order valence-corrected chi connectivity index (χ1v) is 6.11. The van der Waals surface area contributed by atoms with E-state index in [2.05, 4.69) is 20.9 Å². The Bertz CT molecular complexity index is 498. The summed E-state index contributed by atoms with van der Waals surface area (Å²) in [5.41, 5.74) is 7.80. The summed E-state index contributed by atoms with van der Waals surface area (Å²) in [6, 6.07) is 7.68. The maximum Gasteiger partial charge on any atom is 0.0951 e. The molecule has 2 aromatic rings. The average Bonchev–Trinajstić information content (AvgIpc) is 2.76. The van der Waals surface area contributed by atoms with Gasteiger partial charge in [-0.25, -0.2) is 4.98 Å². The summed E-state index contributed by atoms with van der Waals surface area (Å²) >= 11 is 3.44. The molecule has 1 atom stereocenters. The van der Waals surface area contributed by atoms with E-state index in [0.29, 0.717) is 6.54 Å². The standard InChI is InChI=1S/C12H14BrN3O/c13-10-3-1-2-9(4-10)6-16-8-15-5-12(16)11(14)7-17/h1-5,8,11,17H,6-7,14H2. The Morgan fingerprint density at radius 2 is 2.29 bits per heavy atom. The number of hydrogen-bond acceptors (Lipinski definition) is 3. The Morgan fingerprint density at radius 3 is 3.00 bits per heavy atom. The third kappa shape index (κ3) is 2.94. The molecule has 0 spiro atoms. The average molecular weight is 296 g/mol. The molecule has 0 fully saturated rings. The minimum Gasteiger partial charge on any atom is -0.394 e. The minimum absolute atomic E-state index is 0.0792. The Kier molecular flexibility index (Phi) is 3.93. The molecule has 5 heteroatoms. The molecule has 1 aromatic carbocycles. The Balaban J connectivity index is 2.22. The molecule has 1 heterocycles. The molecular weight excluding hydrogens is 282 g/mol. The van der Waals surface area contributed by atoms with Gasteiger partial charge in [0, 0.05) is 17.2 Å². The van der Waals surface area contributed by atoms with Crippen LogP contribution in [0.3, 0.4) is 0 Å². The van der Waals surface area contributed by atoms with Crippen molar-refractivity contribution in [2.45, 2.75) is 12.6 Å². The number of rotatable bonds is 4. The molecule has 90 valence electrons. The van der Waals surface area contributed by atoms with Crippen molar-refractivity contribution in [1.82, 2.24) is 9.55 Å². The van der Waals surface area contributed by atoms with Crippen molar-refractivity contribution in [3.05, 3.63) is 52.5 Å². The second kappa shape index (κ2) is 5.44. The predicted molar refractivity (Wildman–Crippen MR) is 69.5 cm³/mol. The number of aromatic nitrogens is 2. The second-order valence-electron chi connectivity index (χ2n) is 3.87. The van der Waals surface area contributed by atoms with Gasteiger partial charge in [-0.15, -0.1) is 0 Å². The zero-order valence-electron chi connectivity index (χ0n) is 9.25. The topological polar surface area (TPSA) is 64.1 Å². The lowest BCUT2D eigenvalue weighted by atomic mass is 10.2. The summed E-state index contributed by atoms with van der Waals surface area (Å²) < 4.78 is 2.99. The molecule has 0 saturated carbocycles. The number of halogens is 1. The van der Waals surface area contributed by atoms with Gasteiger partial charge in [0.25, 0.3) is 0 Å². The summed E-state index contributed by atoms with van der Waals surface area (Å²) in [5.74, 6) is 0. The van der Waals surface area contributed by atoms with E-state index in [1.165, 1.54) is 0 Å². The van der Waals surface area contributed by atoms with Crippen LogP contribution in [0.4, 0.5) is 0 Å². The Morgan fingerprint density at radius 1 is 1.47 bits per heavy atom. The number of aliphatic hydroxyl groups excluding tert-OH is 1. The molecule has 1 aromatic heterocycles. The Labute approximate surface area is 108 Å². The van der Waals surface area contributed by atoms with E-state index >= 15 is 0 Å². The Hall–Kier alpha value is -1.17. The molecule has 0 aliphatic rings. The van der Waals surface area contributed by atoms with Gasteiger partial charge in [-0.3, -0.25) is 0 Å². The van der Waals surface area contributed by atoms with Crippen molar-refractivity contribution in [3.8, 4) is 0 Å². The fraction of sp³-hybridized carbons (Fsp3) is 0.250. The van der Waals surface area contributed by atoms with Crippen LogP contribution in [-0.2, 0) is 6.54 Å². The number of aliphatic hydroxyl groups is 1. The van der Waals surface area contributed by atoms with Crippen LogP contribution in [0.25, 0.3) is 0 Å². The van der Waals surface area contributed by atoms with Gasteiger partial charge in [-0.05, 0) is 17.7 Å². The molecule has 0 aliphatic carbocycles. The van der Waals surface area contributed by atoms with Gasteiger partial charge >= 0.3 is 0 Å². The van der Waals surface area contributed by atoms with E-state index in [-0.39, 0.29) is 12.6 Å². The van der Waals surface area contributed by atoms with E-state index in [0.717, 1.165) is 15.7 Å². The lowest BCUT2D eigenvalue weighted by Gasteiger charge is -2.12. The van der Waals surface area contributed by atoms with Crippen molar-refractivity contribution in [2.24, 2.45) is 5.73 Å². The van der Waals surface area contributed by atoms with Crippen LogP contribution in [-0.4, -0.2) is 21.3 Å². The molecule has 0 amide bonds. The van der Waals surface area contributed by atoms with Crippen molar-refractivity contribution >= 4 is 15.9 Å². The summed E-state index contributed by atoms with van der Waals surface area (Å²) in [6.45, 7) is 0.618. The van der Waals surface area contributed by atoms with Crippen molar-refractivity contribution < 1.29 is 5.11 Å². The van der Waals surface area contributed by atoms with E-state index in [1.807, 2.05) is 28.8 Å². The third-order valence-electron chi connectivity index (χ3n) is 2.56. The van der Waals surface area contributed by atoms with Gasteiger partial charge in [-0.2, -0.15) is 0 Å². The first-order chi connectivity index (χ1) is 8.20. The van der Waals surface area contributed by atoms with E-state index in [9.17, 15) is 0 Å². The zero-order chi connectivity index (χ0) is 12.3. The van der Waals surface area contributed by atoms with Crippen LogP contribution in [0, 0.1) is 0 Å². The molecular formula is C12H14BrN3O. The number of benzene rings is 1. The highest BCUT2D eigenvalue weighted by molar-refractivity contribution is 9.10. The fourth-order valence-corrected chi connectivity index (χ4v) is 2.14. The van der Waals surface area contributed by atoms with E-state index in [1.54, 1.807) is 12.5 Å². The summed E-state index contributed by atoms with van der Waals surface area (Å²) in [4.78, 5) is 4.07.